The van der Waals surface area contributed by atoms with Crippen LogP contribution in [-0.4, -0.2) is 48.8 Å². The lowest BCUT2D eigenvalue weighted by molar-refractivity contribution is 0.0633. The van der Waals surface area contributed by atoms with E-state index in [0.717, 1.165) is 12.0 Å². The molecule has 0 unspecified atom stereocenters. The summed E-state index contributed by atoms with van der Waals surface area (Å²) in [5.41, 5.74) is 1.78. The second kappa shape index (κ2) is 10.2. The number of carboxylic acid groups (broad SMARTS) is 1. The Kier molecular flexibility index (Phi) is 6.92. The Morgan fingerprint density at radius 3 is 2.65 bits per heavy atom. The van der Waals surface area contributed by atoms with Gasteiger partial charge in [0.25, 0.3) is 0 Å². The summed E-state index contributed by atoms with van der Waals surface area (Å²) in [6.45, 7) is 8.21. The maximum absolute atomic E-state index is 13.1. The van der Waals surface area contributed by atoms with Crippen molar-refractivity contribution in [3.8, 4) is 5.69 Å². The molecular formula is C28H27ClN6O5. The maximum atomic E-state index is 13.1. The van der Waals surface area contributed by atoms with E-state index in [1.165, 1.54) is 28.6 Å². The van der Waals surface area contributed by atoms with E-state index in [1.807, 2.05) is 17.2 Å². The Morgan fingerprint density at radius 1 is 1.18 bits per heavy atom. The van der Waals surface area contributed by atoms with E-state index in [0.29, 0.717) is 30.2 Å². The fraction of sp³-hybridized carbons (Fsp3) is 0.286. The van der Waals surface area contributed by atoms with Gasteiger partial charge in [0.05, 0.1) is 22.3 Å². The highest BCUT2D eigenvalue weighted by atomic mass is 35.5. The van der Waals surface area contributed by atoms with Gasteiger partial charge in [0.2, 0.25) is 5.43 Å². The molecule has 2 N–H and O–H groups in total. The monoisotopic (exact) mass is 562 g/mol. The number of aryl methyl sites for hydroxylation is 1. The van der Waals surface area contributed by atoms with Gasteiger partial charge in [-0.05, 0) is 69.0 Å². The van der Waals surface area contributed by atoms with Crippen molar-refractivity contribution in [3.63, 3.8) is 0 Å². The Morgan fingerprint density at radius 2 is 1.95 bits per heavy atom. The van der Waals surface area contributed by atoms with Crippen molar-refractivity contribution in [2.45, 2.75) is 46.3 Å². The number of anilines is 2. The number of aromatic carboxylic acids is 1. The minimum atomic E-state index is -1.38. The van der Waals surface area contributed by atoms with Crippen LogP contribution in [0.2, 0.25) is 5.02 Å². The van der Waals surface area contributed by atoms with Crippen LogP contribution < -0.4 is 15.6 Å². The minimum Gasteiger partial charge on any atom is -0.477 e. The topological polar surface area (TPSA) is 140 Å². The van der Waals surface area contributed by atoms with Crippen LogP contribution in [0, 0.1) is 6.92 Å². The molecule has 0 bridgehead atoms. The molecule has 0 saturated carbocycles. The van der Waals surface area contributed by atoms with Crippen molar-refractivity contribution in [1.29, 1.82) is 0 Å². The van der Waals surface area contributed by atoms with Crippen molar-refractivity contribution in [2.75, 3.05) is 16.8 Å². The Hall–Kier alpha value is -4.51. The van der Waals surface area contributed by atoms with Crippen molar-refractivity contribution < 1.29 is 19.4 Å². The first-order chi connectivity index (χ1) is 18.9. The highest BCUT2D eigenvalue weighted by Crippen LogP contribution is 2.32. The summed E-state index contributed by atoms with van der Waals surface area (Å²) in [6, 6.07) is 5.07. The number of aromatic nitrogens is 4. The largest absolute Gasteiger partial charge is 0.477 e. The molecule has 11 nitrogen and oxygen atoms in total. The van der Waals surface area contributed by atoms with Crippen LogP contribution in [0.1, 0.15) is 47.8 Å². The van der Waals surface area contributed by atoms with Crippen molar-refractivity contribution >= 4 is 46.3 Å². The Labute approximate surface area is 234 Å². The first kappa shape index (κ1) is 27.1. The van der Waals surface area contributed by atoms with E-state index >= 15 is 0 Å². The lowest BCUT2D eigenvalue weighted by atomic mass is 10.0. The van der Waals surface area contributed by atoms with E-state index in [-0.39, 0.29) is 21.9 Å². The van der Waals surface area contributed by atoms with E-state index < -0.39 is 28.7 Å². The molecule has 4 aromatic rings. The van der Waals surface area contributed by atoms with E-state index in [9.17, 15) is 19.5 Å². The van der Waals surface area contributed by atoms with Gasteiger partial charge in [-0.2, -0.15) is 0 Å². The maximum Gasteiger partial charge on any atom is 0.413 e. The molecule has 0 atom stereocenters. The van der Waals surface area contributed by atoms with E-state index in [4.69, 9.17) is 21.3 Å². The molecule has 0 aliphatic carbocycles. The number of carboxylic acids is 1. The van der Waals surface area contributed by atoms with Gasteiger partial charge in [-0.3, -0.25) is 19.7 Å². The number of carbonyl (C=O) groups is 2. The molecule has 0 radical (unpaired) electrons. The smallest absolute Gasteiger partial charge is 0.413 e. The fourth-order valence-electron chi connectivity index (χ4n) is 4.61. The first-order valence-electron chi connectivity index (χ1n) is 12.5. The summed E-state index contributed by atoms with van der Waals surface area (Å²) in [6.07, 6.45) is 6.39. The number of ether oxygens (including phenoxy) is 1. The van der Waals surface area contributed by atoms with Gasteiger partial charge in [0.15, 0.2) is 5.65 Å². The van der Waals surface area contributed by atoms with Gasteiger partial charge in [-0.25, -0.2) is 19.6 Å². The number of nitrogens with one attached hydrogen (secondary N) is 1. The second-order valence-corrected chi connectivity index (χ2v) is 10.9. The van der Waals surface area contributed by atoms with Crippen molar-refractivity contribution in [3.05, 3.63) is 80.5 Å². The molecule has 12 heteroatoms. The summed E-state index contributed by atoms with van der Waals surface area (Å²) in [4.78, 5) is 52.7. The third kappa shape index (κ3) is 5.32. The minimum absolute atomic E-state index is 0.0584. The summed E-state index contributed by atoms with van der Waals surface area (Å²) in [7, 11) is 0. The highest BCUT2D eigenvalue weighted by molar-refractivity contribution is 6.33. The molecule has 206 valence electrons. The summed E-state index contributed by atoms with van der Waals surface area (Å²) in [5.74, 6) is -0.667. The quantitative estimate of drug-likeness (QED) is 0.360. The number of hydrogen-bond donors (Lipinski definition) is 2. The SMILES string of the molecule is Cc1cc(NC(=O)OC(C)(C)C)ncc1-n1cc(C(=O)O)c(=O)c2cc(Cl)c(N3CCc4ccncc4C3)nc21. The number of halogens is 1. The van der Waals surface area contributed by atoms with Gasteiger partial charge in [-0.1, -0.05) is 11.6 Å². The summed E-state index contributed by atoms with van der Waals surface area (Å²) < 4.78 is 6.80. The molecule has 40 heavy (non-hydrogen) atoms. The summed E-state index contributed by atoms with van der Waals surface area (Å²) >= 11 is 6.63. The van der Waals surface area contributed by atoms with Gasteiger partial charge in [0.1, 0.15) is 22.8 Å². The third-order valence-electron chi connectivity index (χ3n) is 6.43. The van der Waals surface area contributed by atoms with Crippen LogP contribution in [0.4, 0.5) is 16.4 Å². The van der Waals surface area contributed by atoms with Crippen molar-refractivity contribution in [2.24, 2.45) is 0 Å². The highest BCUT2D eigenvalue weighted by Gasteiger charge is 2.24. The molecule has 1 amide bonds. The Bertz CT molecular complexity index is 1730. The average Bonchev–Trinajstić information content (AvgIpc) is 2.88. The molecule has 1 aliphatic heterocycles. The fourth-order valence-corrected chi connectivity index (χ4v) is 4.88. The van der Waals surface area contributed by atoms with Gasteiger partial charge in [0, 0.05) is 31.7 Å². The zero-order valence-electron chi connectivity index (χ0n) is 22.4. The zero-order valence-corrected chi connectivity index (χ0v) is 23.1. The van der Waals surface area contributed by atoms with E-state index in [1.54, 1.807) is 40.0 Å². The lowest BCUT2D eigenvalue weighted by Gasteiger charge is -2.30. The Balaban J connectivity index is 1.61. The lowest BCUT2D eigenvalue weighted by Crippen LogP contribution is -2.31. The van der Waals surface area contributed by atoms with Crippen LogP contribution in [0.5, 0.6) is 0 Å². The number of fused-ring (bicyclic) bond motifs is 2. The predicted octanol–water partition coefficient (Wildman–Crippen LogP) is 4.75. The van der Waals surface area contributed by atoms with Crippen LogP contribution in [0.3, 0.4) is 0 Å². The first-order valence-corrected chi connectivity index (χ1v) is 12.9. The van der Waals surface area contributed by atoms with Gasteiger partial charge < -0.3 is 14.7 Å². The molecule has 0 spiro atoms. The van der Waals surface area contributed by atoms with Crippen LogP contribution in [0.25, 0.3) is 16.7 Å². The van der Waals surface area contributed by atoms with Crippen LogP contribution in [-0.2, 0) is 17.7 Å². The van der Waals surface area contributed by atoms with Crippen LogP contribution in [0.15, 0.2) is 47.8 Å². The molecule has 0 aromatic carbocycles. The number of nitrogens with zero attached hydrogens (tertiary/aromatic N) is 5. The number of amides is 1. The van der Waals surface area contributed by atoms with E-state index in [2.05, 4.69) is 15.3 Å². The standard InChI is InChI=1S/C28H27ClN6O5/c1-15-9-22(32-27(39)40-28(2,3)4)31-12-21(15)35-14-19(26(37)38)23(36)18-10-20(29)25(33-24(18)35)34-8-6-16-5-7-30-11-17(16)13-34/h5,7,9-12,14H,6,8,13H2,1-4H3,(H,37,38)(H,31,32,39). The molecule has 4 aromatic heterocycles. The van der Waals surface area contributed by atoms with Crippen molar-refractivity contribution in [1.82, 2.24) is 19.5 Å². The molecule has 5 heterocycles. The number of pyridine rings is 4. The third-order valence-corrected chi connectivity index (χ3v) is 6.71. The van der Waals surface area contributed by atoms with Crippen LogP contribution >= 0.6 is 11.6 Å². The number of hydrogen-bond acceptors (Lipinski definition) is 8. The molecule has 0 fully saturated rings. The van der Waals surface area contributed by atoms with Gasteiger partial charge in [-0.15, -0.1) is 0 Å². The average molecular weight is 563 g/mol. The normalized spacial score (nSPS) is 13.2. The summed E-state index contributed by atoms with van der Waals surface area (Å²) in [5, 5.41) is 12.6. The molecule has 0 saturated heterocycles. The zero-order chi connectivity index (χ0) is 28.8. The number of carbonyl (C=O) groups excluding carboxylic acids is 1. The second-order valence-electron chi connectivity index (χ2n) is 10.5. The number of rotatable bonds is 4. The predicted molar refractivity (Wildman–Crippen MR) is 151 cm³/mol. The van der Waals surface area contributed by atoms with Gasteiger partial charge >= 0.3 is 12.1 Å². The molecular weight excluding hydrogens is 536 g/mol. The molecule has 5 rings (SSSR count). The molecule has 1 aliphatic rings.